The van der Waals surface area contributed by atoms with E-state index in [1.807, 2.05) is 6.08 Å². The molecule has 0 spiro atoms. The Morgan fingerprint density at radius 3 is 2.47 bits per heavy atom. The third kappa shape index (κ3) is 18.8. The van der Waals surface area contributed by atoms with Crippen molar-refractivity contribution in [2.45, 2.75) is 75.7 Å². The number of carbonyl (C=O) groups is 2. The van der Waals surface area contributed by atoms with Crippen LogP contribution in [0.3, 0.4) is 0 Å². The topological polar surface area (TPSA) is 228 Å². The van der Waals surface area contributed by atoms with E-state index in [1.165, 1.54) is 6.08 Å². The summed E-state index contributed by atoms with van der Waals surface area (Å²) in [6, 6.07) is 7.66. The second-order valence-corrected chi connectivity index (χ2v) is 11.7. The van der Waals surface area contributed by atoms with Crippen molar-refractivity contribution in [2.75, 3.05) is 39.6 Å². The molecule has 0 saturated heterocycles. The van der Waals surface area contributed by atoms with Crippen LogP contribution in [0.4, 0.5) is 13.6 Å². The second kappa shape index (κ2) is 23.0. The van der Waals surface area contributed by atoms with Crippen molar-refractivity contribution in [1.29, 1.82) is 0 Å². The molecule has 2 rings (SSSR count). The molecule has 1 amide bonds. The third-order valence-corrected chi connectivity index (χ3v) is 7.41. The summed E-state index contributed by atoms with van der Waals surface area (Å²) in [6.07, 6.45) is 3.32. The van der Waals surface area contributed by atoms with Crippen molar-refractivity contribution in [2.24, 2.45) is 11.8 Å². The van der Waals surface area contributed by atoms with E-state index in [4.69, 9.17) is 18.9 Å². The summed E-state index contributed by atoms with van der Waals surface area (Å²) in [5.74, 6) is -4.58. The largest absolute Gasteiger partial charge is 0.487 e. The number of para-hydroxylation sites is 1. The number of alkyl carbamates (subject to hydrolysis) is 1. The van der Waals surface area contributed by atoms with Crippen LogP contribution in [0.2, 0.25) is 0 Å². The number of halogens is 2. The molecule has 1 aromatic rings. The molecule has 286 valence electrons. The fourth-order valence-corrected chi connectivity index (χ4v) is 4.93. The van der Waals surface area contributed by atoms with Crippen LogP contribution in [0.5, 0.6) is 5.75 Å². The number of hydrogen-bond donors (Lipinski definition) is 3. The standard InChI is InChI=1S/C32H45F2N3O14/c1-23(35-31(41)47-17-9-16-46-20-25(51-37(44)45)21-50-36(42)43)19-48-30(40)13-8-3-2-7-12-26-27(29(39)18-28(26)38)14-15-32(33,34)22-49-24-10-5-4-6-11-24/h2,4-7,10-11,14-15,23,25-29,38-39H,3,8-9,12-13,16-22H2,1H3,(H,35,41)/b7-2-,15-14+/t23-,25-,26+,27+,28-,29+/m0/s1. The fourth-order valence-electron chi connectivity index (χ4n) is 4.93. The van der Waals surface area contributed by atoms with Crippen LogP contribution in [-0.4, -0.2) is 102 Å². The van der Waals surface area contributed by atoms with Crippen LogP contribution in [0, 0.1) is 32.1 Å². The molecule has 19 heteroatoms. The number of nitrogens with zero attached hydrogens (tertiary/aromatic N) is 2. The minimum absolute atomic E-state index is 0.00277. The lowest BCUT2D eigenvalue weighted by molar-refractivity contribution is -0.790. The number of unbranched alkanes of at least 4 members (excludes halogenated alkanes) is 1. The van der Waals surface area contributed by atoms with Gasteiger partial charge in [-0.15, -0.1) is 20.2 Å². The normalized spacial score (nSPS) is 20.1. The summed E-state index contributed by atoms with van der Waals surface area (Å²) >= 11 is 0. The molecule has 17 nitrogen and oxygen atoms in total. The van der Waals surface area contributed by atoms with Crippen LogP contribution in [0.1, 0.15) is 45.4 Å². The number of alkyl halides is 2. The number of aliphatic hydroxyl groups excluding tert-OH is 2. The van der Waals surface area contributed by atoms with E-state index in [0.29, 0.717) is 31.1 Å². The first-order valence-corrected chi connectivity index (χ1v) is 16.3. The molecule has 6 atom stereocenters. The summed E-state index contributed by atoms with van der Waals surface area (Å²) in [5.41, 5.74) is 0. The Morgan fingerprint density at radius 1 is 1.02 bits per heavy atom. The number of amides is 1. The van der Waals surface area contributed by atoms with Crippen molar-refractivity contribution in [3.8, 4) is 5.75 Å². The number of benzene rings is 1. The van der Waals surface area contributed by atoms with Gasteiger partial charge in [0.05, 0.1) is 31.5 Å². The first-order valence-electron chi connectivity index (χ1n) is 16.3. The minimum atomic E-state index is -3.28. The quantitative estimate of drug-likeness (QED) is 0.0429. The Bertz CT molecular complexity index is 1270. The zero-order chi connectivity index (χ0) is 37.6. The van der Waals surface area contributed by atoms with Gasteiger partial charge in [-0.25, -0.2) is 4.79 Å². The van der Waals surface area contributed by atoms with Gasteiger partial charge in [0.15, 0.2) is 12.7 Å². The molecule has 0 radical (unpaired) electrons. The fraction of sp³-hybridized carbons (Fsp3) is 0.625. The van der Waals surface area contributed by atoms with Gasteiger partial charge in [-0.05, 0) is 50.3 Å². The van der Waals surface area contributed by atoms with Gasteiger partial charge in [0.1, 0.15) is 19.0 Å². The molecule has 0 aromatic heterocycles. The molecule has 0 bridgehead atoms. The molecule has 3 N–H and O–H groups in total. The van der Waals surface area contributed by atoms with E-state index in [1.54, 1.807) is 43.3 Å². The highest BCUT2D eigenvalue weighted by Crippen LogP contribution is 2.37. The summed E-state index contributed by atoms with van der Waals surface area (Å²) in [5, 5.41) is 41.7. The molecule has 0 aliphatic heterocycles. The van der Waals surface area contributed by atoms with E-state index in [2.05, 4.69) is 15.0 Å². The molecule has 1 aliphatic carbocycles. The highest BCUT2D eigenvalue weighted by Gasteiger charge is 2.40. The average Bonchev–Trinajstić information content (AvgIpc) is 3.34. The van der Waals surface area contributed by atoms with E-state index in [-0.39, 0.29) is 45.7 Å². The molecular formula is C32H45F2N3O14. The molecule has 1 aromatic carbocycles. The number of rotatable bonds is 25. The van der Waals surface area contributed by atoms with Gasteiger partial charge < -0.3 is 44.2 Å². The Labute approximate surface area is 292 Å². The number of hydrogen-bond acceptors (Lipinski definition) is 14. The highest BCUT2D eigenvalue weighted by molar-refractivity contribution is 5.69. The van der Waals surface area contributed by atoms with Gasteiger partial charge >= 0.3 is 12.1 Å². The van der Waals surface area contributed by atoms with Gasteiger partial charge in [-0.1, -0.05) is 36.4 Å². The summed E-state index contributed by atoms with van der Waals surface area (Å²) < 4.78 is 49.3. The lowest BCUT2D eigenvalue weighted by atomic mass is 9.89. The zero-order valence-electron chi connectivity index (χ0n) is 28.1. The lowest BCUT2D eigenvalue weighted by Crippen LogP contribution is -2.37. The number of esters is 1. The third-order valence-electron chi connectivity index (χ3n) is 7.41. The maximum Gasteiger partial charge on any atom is 0.407 e. The maximum absolute atomic E-state index is 14.4. The Kier molecular flexibility index (Phi) is 19.2. The predicted molar refractivity (Wildman–Crippen MR) is 172 cm³/mol. The van der Waals surface area contributed by atoms with Gasteiger partial charge in [0.25, 0.3) is 16.1 Å². The molecule has 0 heterocycles. The Hall–Kier alpha value is -4.62. The van der Waals surface area contributed by atoms with E-state index >= 15 is 0 Å². The number of carbonyl (C=O) groups excluding carboxylic acids is 2. The van der Waals surface area contributed by atoms with E-state index in [0.717, 1.165) is 0 Å². The zero-order valence-corrected chi connectivity index (χ0v) is 28.1. The molecule has 1 fully saturated rings. The van der Waals surface area contributed by atoms with Gasteiger partial charge in [0, 0.05) is 31.8 Å². The molecule has 51 heavy (non-hydrogen) atoms. The van der Waals surface area contributed by atoms with Crippen molar-refractivity contribution < 1.29 is 67.4 Å². The summed E-state index contributed by atoms with van der Waals surface area (Å²) in [4.78, 5) is 52.9. The predicted octanol–water partition coefficient (Wildman–Crippen LogP) is 3.58. The molecule has 0 unspecified atom stereocenters. The maximum atomic E-state index is 14.4. The monoisotopic (exact) mass is 733 g/mol. The molecule has 1 aliphatic rings. The summed E-state index contributed by atoms with van der Waals surface area (Å²) in [7, 11) is 0. The van der Waals surface area contributed by atoms with Gasteiger partial charge in [-0.3, -0.25) is 4.79 Å². The number of nitrogens with one attached hydrogen (secondary N) is 1. The lowest BCUT2D eigenvalue weighted by Gasteiger charge is -2.20. The highest BCUT2D eigenvalue weighted by atomic mass is 19.3. The SMILES string of the molecule is C[C@@H](COC(=O)CCC/C=C\C[C@@H]1[C@@H](/C=C/C(F)(F)COc2ccccc2)[C@H](O)C[C@@H]1O)NC(=O)OCCCOC[C@@H](CO[N+](=O)[O-])O[N+](=O)[O-]. The Morgan fingerprint density at radius 2 is 1.76 bits per heavy atom. The van der Waals surface area contributed by atoms with Crippen molar-refractivity contribution >= 4 is 12.1 Å². The minimum Gasteiger partial charge on any atom is -0.487 e. The van der Waals surface area contributed by atoms with Crippen LogP contribution >= 0.6 is 0 Å². The average molecular weight is 734 g/mol. The molecule has 1 saturated carbocycles. The van der Waals surface area contributed by atoms with Crippen molar-refractivity contribution in [1.82, 2.24) is 5.32 Å². The first-order chi connectivity index (χ1) is 24.3. The van der Waals surface area contributed by atoms with Crippen LogP contribution in [0.15, 0.2) is 54.6 Å². The summed E-state index contributed by atoms with van der Waals surface area (Å²) in [6.45, 7) is -0.513. The molecular weight excluding hydrogens is 688 g/mol. The van der Waals surface area contributed by atoms with Gasteiger partial charge in [-0.2, -0.15) is 8.78 Å². The second-order valence-electron chi connectivity index (χ2n) is 11.7. The van der Waals surface area contributed by atoms with Crippen LogP contribution in [-0.2, 0) is 28.7 Å². The van der Waals surface area contributed by atoms with Crippen LogP contribution in [0.25, 0.3) is 0 Å². The van der Waals surface area contributed by atoms with Gasteiger partial charge in [0.2, 0.25) is 0 Å². The first kappa shape index (κ1) is 42.5. The van der Waals surface area contributed by atoms with E-state index in [9.17, 15) is 48.8 Å². The smallest absolute Gasteiger partial charge is 0.407 e. The number of ether oxygens (including phenoxy) is 4. The number of allylic oxidation sites excluding steroid dienone is 2. The van der Waals surface area contributed by atoms with Crippen molar-refractivity contribution in [3.05, 3.63) is 74.9 Å². The van der Waals surface area contributed by atoms with Crippen molar-refractivity contribution in [3.63, 3.8) is 0 Å². The van der Waals surface area contributed by atoms with Crippen LogP contribution < -0.4 is 10.1 Å². The van der Waals surface area contributed by atoms with E-state index < -0.39 is 77.6 Å². The Balaban J connectivity index is 1.58. The number of aliphatic hydroxyl groups is 2.